The molecule has 6 nitrogen and oxygen atoms in total. The van der Waals surface area contributed by atoms with Crippen LogP contribution in [0.2, 0.25) is 0 Å². The minimum atomic E-state index is -4.49. The average Bonchev–Trinajstić information content (AvgIpc) is 2.99. The number of hydrogen-bond donors (Lipinski definition) is 4. The van der Waals surface area contributed by atoms with Crippen LogP contribution in [0, 0.1) is 11.8 Å². The van der Waals surface area contributed by atoms with E-state index in [9.17, 15) is 33.3 Å². The van der Waals surface area contributed by atoms with Crippen molar-refractivity contribution >= 4 is 5.97 Å². The molecule has 32 heavy (non-hydrogen) atoms. The molecule has 0 saturated heterocycles. The van der Waals surface area contributed by atoms with Crippen LogP contribution in [0.3, 0.4) is 0 Å². The number of carboxylic acid groups (broad SMARTS) is 1. The molecule has 0 aliphatic heterocycles. The van der Waals surface area contributed by atoms with Crippen LogP contribution in [0.5, 0.6) is 5.75 Å². The van der Waals surface area contributed by atoms with Gasteiger partial charge in [-0.1, -0.05) is 30.4 Å². The van der Waals surface area contributed by atoms with Gasteiger partial charge in [0.05, 0.1) is 17.8 Å². The summed E-state index contributed by atoms with van der Waals surface area (Å²) < 4.78 is 43.5. The second-order valence-corrected chi connectivity index (χ2v) is 7.89. The lowest BCUT2D eigenvalue weighted by Crippen LogP contribution is -2.21. The molecule has 0 amide bonds. The molecule has 1 fully saturated rings. The Kier molecular flexibility index (Phi) is 9.74. The maximum atomic E-state index is 12.8. The molecule has 1 aliphatic carbocycles. The van der Waals surface area contributed by atoms with E-state index >= 15 is 0 Å². The largest absolute Gasteiger partial charge is 0.491 e. The summed E-state index contributed by atoms with van der Waals surface area (Å²) in [5.41, 5.74) is -0.845. The van der Waals surface area contributed by atoms with Crippen molar-refractivity contribution in [2.45, 2.75) is 56.6 Å². The van der Waals surface area contributed by atoms with Gasteiger partial charge in [-0.15, -0.1) is 0 Å². The van der Waals surface area contributed by atoms with Crippen LogP contribution in [0.4, 0.5) is 13.2 Å². The monoisotopic (exact) mass is 458 g/mol. The highest BCUT2D eigenvalue weighted by Crippen LogP contribution is 2.36. The molecule has 5 atom stereocenters. The van der Waals surface area contributed by atoms with Crippen LogP contribution in [-0.2, 0) is 11.0 Å². The van der Waals surface area contributed by atoms with Crippen LogP contribution < -0.4 is 4.74 Å². The van der Waals surface area contributed by atoms with Crippen molar-refractivity contribution in [1.29, 1.82) is 0 Å². The molecule has 0 bridgehead atoms. The quantitative estimate of drug-likeness (QED) is 0.298. The SMILES string of the molecule is O=C(O)CCC/C=C\CC1C(O)CC(O)[C@@H]1/C=C/C(O)COc1cccc(C(F)(F)F)c1. The van der Waals surface area contributed by atoms with Gasteiger partial charge >= 0.3 is 12.1 Å². The predicted molar refractivity (Wildman–Crippen MR) is 111 cm³/mol. The number of halogens is 3. The molecule has 1 saturated carbocycles. The fourth-order valence-corrected chi connectivity index (χ4v) is 3.70. The van der Waals surface area contributed by atoms with Crippen molar-refractivity contribution < 1.29 is 43.1 Å². The van der Waals surface area contributed by atoms with Crippen molar-refractivity contribution in [3.63, 3.8) is 0 Å². The van der Waals surface area contributed by atoms with Crippen LogP contribution in [0.1, 0.15) is 37.7 Å². The zero-order valence-electron chi connectivity index (χ0n) is 17.5. The van der Waals surface area contributed by atoms with Gasteiger partial charge in [-0.3, -0.25) is 4.79 Å². The number of alkyl halides is 3. The molecule has 178 valence electrons. The maximum Gasteiger partial charge on any atom is 0.416 e. The van der Waals surface area contributed by atoms with Crippen LogP contribution in [0.15, 0.2) is 48.6 Å². The minimum Gasteiger partial charge on any atom is -0.491 e. The Morgan fingerprint density at radius 3 is 2.66 bits per heavy atom. The van der Waals surface area contributed by atoms with Crippen LogP contribution >= 0.6 is 0 Å². The summed E-state index contributed by atoms with van der Waals surface area (Å²) in [6.07, 6.45) is 1.48. The van der Waals surface area contributed by atoms with Gasteiger partial charge in [0, 0.05) is 18.8 Å². The molecule has 2 rings (SSSR count). The summed E-state index contributed by atoms with van der Waals surface area (Å²) in [4.78, 5) is 10.5. The number of benzene rings is 1. The van der Waals surface area contributed by atoms with Gasteiger partial charge in [0.15, 0.2) is 0 Å². The molecule has 0 spiro atoms. The Hall–Kier alpha value is -2.36. The van der Waals surface area contributed by atoms with Gasteiger partial charge < -0.3 is 25.2 Å². The van der Waals surface area contributed by atoms with Gasteiger partial charge in [-0.2, -0.15) is 13.2 Å². The van der Waals surface area contributed by atoms with Gasteiger partial charge in [-0.05, 0) is 43.4 Å². The van der Waals surface area contributed by atoms with Gasteiger partial charge in [-0.25, -0.2) is 0 Å². The molecular weight excluding hydrogens is 429 g/mol. The topological polar surface area (TPSA) is 107 Å². The van der Waals surface area contributed by atoms with Crippen LogP contribution in [-0.4, -0.2) is 51.3 Å². The van der Waals surface area contributed by atoms with E-state index in [1.807, 2.05) is 12.2 Å². The fraction of sp³-hybridized carbons (Fsp3) is 0.522. The summed E-state index contributed by atoms with van der Waals surface area (Å²) in [5, 5.41) is 39.2. The number of aliphatic carboxylic acids is 1. The highest BCUT2D eigenvalue weighted by atomic mass is 19.4. The fourth-order valence-electron chi connectivity index (χ4n) is 3.70. The van der Waals surface area contributed by atoms with Crippen LogP contribution in [0.25, 0.3) is 0 Å². The molecular formula is C23H29F3O6. The van der Waals surface area contributed by atoms with Gasteiger partial charge in [0.25, 0.3) is 0 Å². The highest BCUT2D eigenvalue weighted by molar-refractivity contribution is 5.66. The first-order valence-electron chi connectivity index (χ1n) is 10.5. The Bertz CT molecular complexity index is 792. The number of ether oxygens (including phenoxy) is 1. The number of unbranched alkanes of at least 4 members (excludes halogenated alkanes) is 1. The van der Waals surface area contributed by atoms with E-state index < -0.39 is 41.9 Å². The number of rotatable bonds is 11. The molecule has 1 aromatic carbocycles. The van der Waals surface area contributed by atoms with E-state index in [0.717, 1.165) is 12.1 Å². The summed E-state index contributed by atoms with van der Waals surface area (Å²) in [5.74, 6) is -1.55. The normalized spacial score (nSPS) is 24.9. The number of aliphatic hydroxyl groups excluding tert-OH is 3. The summed E-state index contributed by atoms with van der Waals surface area (Å²) in [7, 11) is 0. The van der Waals surface area contributed by atoms with E-state index in [0.29, 0.717) is 19.3 Å². The third-order valence-electron chi connectivity index (χ3n) is 5.39. The average molecular weight is 458 g/mol. The lowest BCUT2D eigenvalue weighted by Gasteiger charge is -2.19. The van der Waals surface area contributed by atoms with Gasteiger partial charge in [0.2, 0.25) is 0 Å². The molecule has 0 radical (unpaired) electrons. The third-order valence-corrected chi connectivity index (χ3v) is 5.39. The molecule has 4 unspecified atom stereocenters. The Morgan fingerprint density at radius 2 is 1.97 bits per heavy atom. The lowest BCUT2D eigenvalue weighted by atomic mass is 9.89. The predicted octanol–water partition coefficient (Wildman–Crippen LogP) is 3.56. The third kappa shape index (κ3) is 8.29. The molecule has 1 aromatic rings. The number of aliphatic hydroxyl groups is 3. The zero-order valence-corrected chi connectivity index (χ0v) is 17.5. The molecule has 9 heteroatoms. The maximum absolute atomic E-state index is 12.8. The van der Waals surface area contributed by atoms with E-state index in [2.05, 4.69) is 0 Å². The first-order valence-corrected chi connectivity index (χ1v) is 10.5. The van der Waals surface area contributed by atoms with Crippen molar-refractivity contribution in [2.75, 3.05) is 6.61 Å². The number of hydrogen-bond acceptors (Lipinski definition) is 5. The number of carbonyl (C=O) groups is 1. The molecule has 0 heterocycles. The number of allylic oxidation sites excluding steroid dienone is 2. The van der Waals surface area contributed by atoms with Crippen molar-refractivity contribution in [3.05, 3.63) is 54.1 Å². The Balaban J connectivity index is 1.87. The summed E-state index contributed by atoms with van der Waals surface area (Å²) >= 11 is 0. The second-order valence-electron chi connectivity index (χ2n) is 7.89. The standard InChI is InChI=1S/C23H29F3O6/c24-23(25,26)15-6-5-7-17(12-15)32-14-16(27)10-11-19-18(20(28)13-21(19)29)8-3-1-2-4-9-22(30)31/h1,3,5-7,10-12,16,18-21,27-29H,2,4,8-9,13-14H2,(H,30,31)/b3-1-,11-10+/t16?,18?,19-,20?,21?/m1/s1. The second kappa shape index (κ2) is 12.0. The molecule has 1 aliphatic rings. The lowest BCUT2D eigenvalue weighted by molar-refractivity contribution is -0.138. The van der Waals surface area contributed by atoms with E-state index in [-0.39, 0.29) is 31.1 Å². The van der Waals surface area contributed by atoms with E-state index in [1.54, 1.807) is 6.08 Å². The first-order chi connectivity index (χ1) is 15.1. The van der Waals surface area contributed by atoms with Crippen molar-refractivity contribution in [1.82, 2.24) is 0 Å². The molecule has 4 N–H and O–H groups in total. The minimum absolute atomic E-state index is 0.0190. The Morgan fingerprint density at radius 1 is 1.22 bits per heavy atom. The first kappa shape index (κ1) is 25.9. The van der Waals surface area contributed by atoms with Crippen molar-refractivity contribution in [2.24, 2.45) is 11.8 Å². The van der Waals surface area contributed by atoms with Gasteiger partial charge in [0.1, 0.15) is 18.5 Å². The smallest absolute Gasteiger partial charge is 0.416 e. The molecule has 0 aromatic heterocycles. The Labute approximate surface area is 184 Å². The highest BCUT2D eigenvalue weighted by Gasteiger charge is 2.39. The van der Waals surface area contributed by atoms with E-state index in [4.69, 9.17) is 9.84 Å². The summed E-state index contributed by atoms with van der Waals surface area (Å²) in [6.45, 7) is -0.267. The van der Waals surface area contributed by atoms with Crippen molar-refractivity contribution in [3.8, 4) is 5.75 Å². The van der Waals surface area contributed by atoms with E-state index in [1.165, 1.54) is 18.2 Å². The summed E-state index contributed by atoms with van der Waals surface area (Å²) in [6, 6.07) is 4.36. The zero-order chi connectivity index (χ0) is 23.7. The number of carboxylic acids is 1.